The van der Waals surface area contributed by atoms with Crippen LogP contribution >= 0.6 is 0 Å². The third-order valence-electron chi connectivity index (χ3n) is 0.688. The number of ketones is 1. The summed E-state index contributed by atoms with van der Waals surface area (Å²) < 4.78 is 33.7. The van der Waals surface area contributed by atoms with Gasteiger partial charge in [0, 0.05) is 6.42 Å². The predicted molar refractivity (Wildman–Crippen MR) is 24.7 cm³/mol. The number of carbonyl (C=O) groups is 1. The topological polar surface area (TPSA) is 43.1 Å². The maximum atomic E-state index is 11.2. The van der Waals surface area contributed by atoms with Gasteiger partial charge in [0.15, 0.2) is 0 Å². The monoisotopic (exact) mass is 141 g/mol. The maximum Gasteiger partial charge on any atom is 0.450 e. The summed E-state index contributed by atoms with van der Waals surface area (Å²) in [5.74, 6) is -1.76. The largest absolute Gasteiger partial charge is 0.450 e. The van der Waals surface area contributed by atoms with Gasteiger partial charge in [0.1, 0.15) is 0 Å². The molecule has 0 fully saturated rings. The summed E-state index contributed by atoms with van der Waals surface area (Å²) in [5, 5.41) is 0. The van der Waals surface area contributed by atoms with Crippen LogP contribution in [0.2, 0.25) is 0 Å². The second-order valence-electron chi connectivity index (χ2n) is 1.46. The van der Waals surface area contributed by atoms with Gasteiger partial charge in [-0.2, -0.15) is 13.2 Å². The Labute approximate surface area is 49.8 Å². The molecule has 2 N–H and O–H groups in total. The molecule has 0 amide bonds. The molecule has 0 heterocycles. The van der Waals surface area contributed by atoms with E-state index in [1.807, 2.05) is 0 Å². The summed E-state index contributed by atoms with van der Waals surface area (Å²) in [7, 11) is 0. The van der Waals surface area contributed by atoms with E-state index in [2.05, 4.69) is 0 Å². The van der Waals surface area contributed by atoms with Crippen molar-refractivity contribution in [1.29, 1.82) is 0 Å². The molecule has 0 aliphatic carbocycles. The normalized spacial score (nSPS) is 11.6. The van der Waals surface area contributed by atoms with Crippen molar-refractivity contribution in [3.63, 3.8) is 0 Å². The molecule has 0 radical (unpaired) electrons. The summed E-state index contributed by atoms with van der Waals surface area (Å²) in [5.41, 5.74) is 4.71. The van der Waals surface area contributed by atoms with Gasteiger partial charge in [0.2, 0.25) is 5.78 Å². The smallest absolute Gasteiger partial charge is 0.330 e. The fraction of sp³-hybridized carbons (Fsp3) is 0.750. The summed E-state index contributed by atoms with van der Waals surface area (Å²) in [6, 6.07) is 0. The zero-order valence-electron chi connectivity index (χ0n) is 4.53. The third kappa shape index (κ3) is 3.07. The summed E-state index contributed by atoms with van der Waals surface area (Å²) >= 11 is 0. The fourth-order valence-corrected chi connectivity index (χ4v) is 0.273. The van der Waals surface area contributed by atoms with Gasteiger partial charge in [-0.3, -0.25) is 4.79 Å². The highest BCUT2D eigenvalue weighted by Gasteiger charge is 2.36. The van der Waals surface area contributed by atoms with Crippen LogP contribution < -0.4 is 5.73 Å². The molecule has 0 aromatic rings. The van der Waals surface area contributed by atoms with Gasteiger partial charge in [-0.15, -0.1) is 0 Å². The van der Waals surface area contributed by atoms with Crippen molar-refractivity contribution in [1.82, 2.24) is 0 Å². The minimum atomic E-state index is -4.71. The Bertz CT molecular complexity index is 109. The van der Waals surface area contributed by atoms with E-state index < -0.39 is 18.4 Å². The van der Waals surface area contributed by atoms with Crippen molar-refractivity contribution >= 4 is 5.78 Å². The number of Topliss-reactive ketones (excluding diaryl/α,β-unsaturated/α-hetero) is 1. The van der Waals surface area contributed by atoms with Gasteiger partial charge in [0.25, 0.3) is 0 Å². The lowest BCUT2D eigenvalue weighted by Crippen LogP contribution is -2.24. The standard InChI is InChI=1S/C4H6F3NO/c5-4(6,7)3(9)1-2-8/h1-2,8H2. The molecule has 0 bridgehead atoms. The number of alkyl halides is 3. The average Bonchev–Trinajstić information content (AvgIpc) is 1.64. The van der Waals surface area contributed by atoms with Gasteiger partial charge >= 0.3 is 6.18 Å². The molecule has 5 heteroatoms. The lowest BCUT2D eigenvalue weighted by atomic mass is 10.3. The highest BCUT2D eigenvalue weighted by molar-refractivity contribution is 5.84. The first-order valence-electron chi connectivity index (χ1n) is 2.28. The number of hydrogen-bond acceptors (Lipinski definition) is 2. The van der Waals surface area contributed by atoms with E-state index in [4.69, 9.17) is 5.73 Å². The molecule has 9 heavy (non-hydrogen) atoms. The van der Waals surface area contributed by atoms with E-state index in [-0.39, 0.29) is 6.54 Å². The number of halogens is 3. The van der Waals surface area contributed by atoms with Crippen molar-refractivity contribution in [2.75, 3.05) is 6.54 Å². The van der Waals surface area contributed by atoms with Crippen LogP contribution in [0.25, 0.3) is 0 Å². The Morgan fingerprint density at radius 1 is 1.44 bits per heavy atom. The maximum absolute atomic E-state index is 11.2. The molecule has 0 saturated heterocycles. The van der Waals surface area contributed by atoms with Crippen LogP contribution in [0.15, 0.2) is 0 Å². The molecule has 54 valence electrons. The minimum Gasteiger partial charge on any atom is -0.330 e. The van der Waals surface area contributed by atoms with Crippen LogP contribution in [0.3, 0.4) is 0 Å². The number of nitrogens with two attached hydrogens (primary N) is 1. The zero-order chi connectivity index (χ0) is 7.49. The van der Waals surface area contributed by atoms with E-state index in [1.54, 1.807) is 0 Å². The van der Waals surface area contributed by atoms with E-state index in [0.29, 0.717) is 0 Å². The molecule has 0 aromatic carbocycles. The van der Waals surface area contributed by atoms with Crippen molar-refractivity contribution in [3.8, 4) is 0 Å². The van der Waals surface area contributed by atoms with Crippen LogP contribution in [0.4, 0.5) is 13.2 Å². The minimum absolute atomic E-state index is 0.252. The van der Waals surface area contributed by atoms with Crippen molar-refractivity contribution in [3.05, 3.63) is 0 Å². The number of hydrogen-bond donors (Lipinski definition) is 1. The first-order chi connectivity index (χ1) is 3.98. The second kappa shape index (κ2) is 2.82. The molecular formula is C4H6F3NO. The van der Waals surface area contributed by atoms with Crippen molar-refractivity contribution < 1.29 is 18.0 Å². The third-order valence-corrected chi connectivity index (χ3v) is 0.688. The number of carbonyl (C=O) groups excluding carboxylic acids is 1. The Hall–Kier alpha value is -0.580. The van der Waals surface area contributed by atoms with E-state index in [1.165, 1.54) is 0 Å². The van der Waals surface area contributed by atoms with Crippen LogP contribution in [-0.2, 0) is 4.79 Å². The quantitative estimate of drug-likeness (QED) is 0.607. The Morgan fingerprint density at radius 2 is 1.89 bits per heavy atom. The lowest BCUT2D eigenvalue weighted by molar-refractivity contribution is -0.170. The van der Waals surface area contributed by atoms with E-state index in [9.17, 15) is 18.0 Å². The van der Waals surface area contributed by atoms with Crippen LogP contribution in [0.1, 0.15) is 6.42 Å². The molecule has 0 spiro atoms. The van der Waals surface area contributed by atoms with E-state index >= 15 is 0 Å². The fourth-order valence-electron chi connectivity index (χ4n) is 0.273. The molecule has 0 saturated carbocycles. The molecule has 0 atom stereocenters. The summed E-state index contributed by atoms with van der Waals surface area (Å²) in [4.78, 5) is 9.86. The van der Waals surface area contributed by atoms with Gasteiger partial charge in [-0.25, -0.2) is 0 Å². The summed E-state index contributed by atoms with van der Waals surface area (Å²) in [6.45, 7) is -0.252. The van der Waals surface area contributed by atoms with Crippen molar-refractivity contribution in [2.45, 2.75) is 12.6 Å². The molecule has 0 aliphatic heterocycles. The van der Waals surface area contributed by atoms with Crippen LogP contribution in [0, 0.1) is 0 Å². The first kappa shape index (κ1) is 8.42. The first-order valence-corrected chi connectivity index (χ1v) is 2.28. The SMILES string of the molecule is NCCC(=O)C(F)(F)F. The van der Waals surface area contributed by atoms with Crippen LogP contribution in [-0.4, -0.2) is 18.5 Å². The molecule has 2 nitrogen and oxygen atoms in total. The Balaban J connectivity index is 3.74. The van der Waals surface area contributed by atoms with Gasteiger partial charge in [-0.05, 0) is 6.54 Å². The Kier molecular flexibility index (Phi) is 2.64. The van der Waals surface area contributed by atoms with E-state index in [0.717, 1.165) is 0 Å². The highest BCUT2D eigenvalue weighted by Crippen LogP contribution is 2.16. The predicted octanol–water partition coefficient (Wildman–Crippen LogP) is 0.467. The average molecular weight is 141 g/mol. The van der Waals surface area contributed by atoms with Crippen LogP contribution in [0.5, 0.6) is 0 Å². The van der Waals surface area contributed by atoms with Gasteiger partial charge < -0.3 is 5.73 Å². The molecular weight excluding hydrogens is 135 g/mol. The molecule has 0 aliphatic rings. The van der Waals surface area contributed by atoms with Crippen molar-refractivity contribution in [2.24, 2.45) is 5.73 Å². The lowest BCUT2D eigenvalue weighted by Gasteiger charge is -2.01. The molecule has 0 unspecified atom stereocenters. The molecule has 0 aromatic heterocycles. The zero-order valence-corrected chi connectivity index (χ0v) is 4.53. The summed E-state index contributed by atoms with van der Waals surface area (Å²) in [6.07, 6.45) is -5.33. The molecule has 0 rings (SSSR count). The van der Waals surface area contributed by atoms with Gasteiger partial charge in [-0.1, -0.05) is 0 Å². The second-order valence-corrected chi connectivity index (χ2v) is 1.46. The number of rotatable bonds is 2. The highest BCUT2D eigenvalue weighted by atomic mass is 19.4. The van der Waals surface area contributed by atoms with Gasteiger partial charge in [0.05, 0.1) is 0 Å². The Morgan fingerprint density at radius 3 is 2.00 bits per heavy atom.